The SMILES string of the molecule is O=C(c1ccc(O)cc1)c1sc2ccccc2c1-c1ccccc1O. The lowest BCUT2D eigenvalue weighted by atomic mass is 9.97. The Labute approximate surface area is 148 Å². The van der Waals surface area contributed by atoms with Crippen LogP contribution in [0.5, 0.6) is 11.5 Å². The molecule has 0 aliphatic carbocycles. The molecule has 3 nitrogen and oxygen atoms in total. The monoisotopic (exact) mass is 346 g/mol. The summed E-state index contributed by atoms with van der Waals surface area (Å²) in [6.07, 6.45) is 0. The van der Waals surface area contributed by atoms with Gasteiger partial charge in [-0.3, -0.25) is 4.79 Å². The summed E-state index contributed by atoms with van der Waals surface area (Å²) in [5.41, 5.74) is 1.89. The molecule has 25 heavy (non-hydrogen) atoms. The Bertz CT molecular complexity index is 1080. The van der Waals surface area contributed by atoms with Crippen molar-refractivity contribution in [2.75, 3.05) is 0 Å². The molecule has 3 aromatic carbocycles. The number of carbonyl (C=O) groups is 1. The summed E-state index contributed by atoms with van der Waals surface area (Å²) in [5.74, 6) is 0.138. The molecule has 0 fully saturated rings. The van der Waals surface area contributed by atoms with Crippen LogP contribution in [0.2, 0.25) is 0 Å². The van der Waals surface area contributed by atoms with Crippen molar-refractivity contribution in [3.05, 3.63) is 83.2 Å². The molecule has 0 aliphatic heterocycles. The fourth-order valence-corrected chi connectivity index (χ4v) is 4.08. The number of aromatic hydroxyl groups is 2. The number of phenols is 2. The van der Waals surface area contributed by atoms with Crippen molar-refractivity contribution in [2.24, 2.45) is 0 Å². The van der Waals surface area contributed by atoms with Gasteiger partial charge in [0.15, 0.2) is 0 Å². The van der Waals surface area contributed by atoms with Crippen LogP contribution in [0, 0.1) is 0 Å². The molecule has 4 heteroatoms. The van der Waals surface area contributed by atoms with Gasteiger partial charge in [0.1, 0.15) is 11.5 Å². The summed E-state index contributed by atoms with van der Waals surface area (Å²) in [4.78, 5) is 13.7. The fraction of sp³-hybridized carbons (Fsp3) is 0. The molecule has 122 valence electrons. The van der Waals surface area contributed by atoms with Crippen LogP contribution in [0.1, 0.15) is 15.2 Å². The van der Waals surface area contributed by atoms with Crippen molar-refractivity contribution in [1.82, 2.24) is 0 Å². The number of para-hydroxylation sites is 1. The lowest BCUT2D eigenvalue weighted by Gasteiger charge is -2.07. The Hall–Kier alpha value is -3.11. The van der Waals surface area contributed by atoms with Gasteiger partial charge in [0.2, 0.25) is 5.78 Å². The van der Waals surface area contributed by atoms with Gasteiger partial charge in [0.05, 0.1) is 4.88 Å². The molecule has 0 bridgehead atoms. The highest BCUT2D eigenvalue weighted by molar-refractivity contribution is 7.21. The molecule has 0 saturated carbocycles. The predicted molar refractivity (Wildman–Crippen MR) is 100 cm³/mol. The highest BCUT2D eigenvalue weighted by Gasteiger charge is 2.22. The zero-order chi connectivity index (χ0) is 17.4. The molecule has 1 heterocycles. The minimum Gasteiger partial charge on any atom is -0.508 e. The maximum atomic E-state index is 13.1. The van der Waals surface area contributed by atoms with E-state index in [2.05, 4.69) is 0 Å². The van der Waals surface area contributed by atoms with Gasteiger partial charge in [-0.2, -0.15) is 0 Å². The second-order valence-electron chi connectivity index (χ2n) is 5.70. The largest absolute Gasteiger partial charge is 0.508 e. The fourth-order valence-electron chi connectivity index (χ4n) is 2.90. The van der Waals surface area contributed by atoms with E-state index < -0.39 is 0 Å². The zero-order valence-corrected chi connectivity index (χ0v) is 14.0. The van der Waals surface area contributed by atoms with E-state index in [0.29, 0.717) is 16.0 Å². The number of fused-ring (bicyclic) bond motifs is 1. The highest BCUT2D eigenvalue weighted by Crippen LogP contribution is 2.42. The van der Waals surface area contributed by atoms with E-state index in [9.17, 15) is 15.0 Å². The zero-order valence-electron chi connectivity index (χ0n) is 13.1. The summed E-state index contributed by atoms with van der Waals surface area (Å²) in [7, 11) is 0. The number of rotatable bonds is 3. The molecule has 0 saturated heterocycles. The number of hydrogen-bond donors (Lipinski definition) is 2. The first kappa shape index (κ1) is 15.4. The maximum absolute atomic E-state index is 13.1. The second-order valence-corrected chi connectivity index (χ2v) is 6.75. The van der Waals surface area contributed by atoms with E-state index >= 15 is 0 Å². The average molecular weight is 346 g/mol. The molecule has 2 N–H and O–H groups in total. The third kappa shape index (κ3) is 2.66. The van der Waals surface area contributed by atoms with Gasteiger partial charge in [-0.1, -0.05) is 36.4 Å². The highest BCUT2D eigenvalue weighted by atomic mass is 32.1. The van der Waals surface area contributed by atoms with Crippen LogP contribution in [0.4, 0.5) is 0 Å². The van der Waals surface area contributed by atoms with Crippen molar-refractivity contribution in [3.8, 4) is 22.6 Å². The van der Waals surface area contributed by atoms with Gasteiger partial charge in [0, 0.05) is 26.8 Å². The van der Waals surface area contributed by atoms with Crippen LogP contribution in [-0.4, -0.2) is 16.0 Å². The average Bonchev–Trinajstić information content (AvgIpc) is 3.01. The lowest BCUT2D eigenvalue weighted by Crippen LogP contribution is -2.00. The van der Waals surface area contributed by atoms with E-state index in [1.54, 1.807) is 24.3 Å². The topological polar surface area (TPSA) is 57.5 Å². The number of thiophene rings is 1. The normalized spacial score (nSPS) is 10.9. The van der Waals surface area contributed by atoms with Gasteiger partial charge in [0.25, 0.3) is 0 Å². The summed E-state index contributed by atoms with van der Waals surface area (Å²) in [5, 5.41) is 20.7. The molecule has 0 spiro atoms. The van der Waals surface area contributed by atoms with Crippen molar-refractivity contribution in [3.63, 3.8) is 0 Å². The van der Waals surface area contributed by atoms with Crippen LogP contribution in [0.15, 0.2) is 72.8 Å². The van der Waals surface area contributed by atoms with E-state index in [0.717, 1.165) is 15.6 Å². The molecule has 4 rings (SSSR count). The second kappa shape index (κ2) is 6.07. The third-order valence-electron chi connectivity index (χ3n) is 4.10. The Kier molecular flexibility index (Phi) is 3.75. The molecule has 0 aliphatic rings. The molecular weight excluding hydrogens is 332 g/mol. The van der Waals surface area contributed by atoms with Crippen LogP contribution in [-0.2, 0) is 0 Å². The lowest BCUT2D eigenvalue weighted by molar-refractivity contribution is 0.104. The summed E-state index contributed by atoms with van der Waals surface area (Å²) >= 11 is 1.41. The Morgan fingerprint density at radius 1 is 0.800 bits per heavy atom. The first-order valence-corrected chi connectivity index (χ1v) is 8.60. The van der Waals surface area contributed by atoms with Gasteiger partial charge in [-0.05, 0) is 36.4 Å². The molecular formula is C21H14O3S. The molecule has 0 unspecified atom stereocenters. The van der Waals surface area contributed by atoms with Crippen molar-refractivity contribution in [2.45, 2.75) is 0 Å². The first-order chi connectivity index (χ1) is 12.1. The van der Waals surface area contributed by atoms with E-state index in [1.807, 2.05) is 36.4 Å². The first-order valence-electron chi connectivity index (χ1n) is 7.79. The smallest absolute Gasteiger partial charge is 0.203 e. The summed E-state index contributed by atoms with van der Waals surface area (Å²) < 4.78 is 0.989. The standard InChI is InChI=1S/C21H14O3S/c22-14-11-9-13(10-12-14)20(24)21-19(15-5-1-3-7-17(15)23)16-6-2-4-8-18(16)25-21/h1-12,22-23H. The van der Waals surface area contributed by atoms with E-state index in [-0.39, 0.29) is 17.3 Å². The minimum atomic E-state index is -0.126. The Morgan fingerprint density at radius 2 is 1.48 bits per heavy atom. The van der Waals surface area contributed by atoms with Gasteiger partial charge < -0.3 is 10.2 Å². The predicted octanol–water partition coefficient (Wildman–Crippen LogP) is 5.21. The number of hydrogen-bond acceptors (Lipinski definition) is 4. The van der Waals surface area contributed by atoms with Crippen molar-refractivity contribution >= 4 is 27.2 Å². The molecule has 0 radical (unpaired) electrons. The van der Waals surface area contributed by atoms with Crippen LogP contribution in [0.25, 0.3) is 21.2 Å². The quantitative estimate of drug-likeness (QED) is 0.501. The Balaban J connectivity index is 1.98. The summed E-state index contributed by atoms with van der Waals surface area (Å²) in [6.45, 7) is 0. The minimum absolute atomic E-state index is 0.119. The van der Waals surface area contributed by atoms with Crippen LogP contribution < -0.4 is 0 Å². The van der Waals surface area contributed by atoms with Crippen LogP contribution in [0.3, 0.4) is 0 Å². The number of carbonyl (C=O) groups excluding carboxylic acids is 1. The van der Waals surface area contributed by atoms with E-state index in [4.69, 9.17) is 0 Å². The van der Waals surface area contributed by atoms with Gasteiger partial charge in [-0.15, -0.1) is 11.3 Å². The molecule has 0 atom stereocenters. The van der Waals surface area contributed by atoms with Gasteiger partial charge in [-0.25, -0.2) is 0 Å². The van der Waals surface area contributed by atoms with Gasteiger partial charge >= 0.3 is 0 Å². The molecule has 0 amide bonds. The van der Waals surface area contributed by atoms with E-state index in [1.165, 1.54) is 23.5 Å². The number of benzene rings is 3. The van der Waals surface area contributed by atoms with Crippen LogP contribution >= 0.6 is 11.3 Å². The number of phenolic OH excluding ortho intramolecular Hbond substituents is 2. The van der Waals surface area contributed by atoms with Crippen molar-refractivity contribution < 1.29 is 15.0 Å². The maximum Gasteiger partial charge on any atom is 0.203 e. The number of ketones is 1. The summed E-state index contributed by atoms with van der Waals surface area (Å²) in [6, 6.07) is 21.0. The molecule has 1 aromatic heterocycles. The molecule has 4 aromatic rings. The Morgan fingerprint density at radius 3 is 2.24 bits per heavy atom. The van der Waals surface area contributed by atoms with Crippen molar-refractivity contribution in [1.29, 1.82) is 0 Å². The third-order valence-corrected chi connectivity index (χ3v) is 5.27.